The van der Waals surface area contributed by atoms with Gasteiger partial charge in [0, 0.05) is 43.3 Å². The fraction of sp³-hybridized carbons (Fsp3) is 0.324. The van der Waals surface area contributed by atoms with E-state index >= 15 is 0 Å². The van der Waals surface area contributed by atoms with Gasteiger partial charge in [0.25, 0.3) is 0 Å². The van der Waals surface area contributed by atoms with E-state index in [-0.39, 0.29) is 50.4 Å². The van der Waals surface area contributed by atoms with E-state index in [4.69, 9.17) is 56.4 Å². The van der Waals surface area contributed by atoms with E-state index in [1.54, 1.807) is 51.5 Å². The predicted octanol–water partition coefficient (Wildman–Crippen LogP) is 6.72. The minimum Gasteiger partial charge on any atom is -0.497 e. The standard InChI is InChI=1S/C34H40Cl2N6O10S/c1-21-16-26(32(48-4)27(17-21)42-53(5,44)45)40-34(43)39-25-6-7-28(31(36)30(25)35)52-29-8-9-37-33(41-29)38-22-18-23(47-3)20-24(19-22)51-15-14-50-13-12-49-11-10-46-2/h6-9,16-20,42H,10-15H2,1-5H3,(H,37,38,41)(H2,39,40,43). The second kappa shape index (κ2) is 19.9. The average molecular weight is 796 g/mol. The lowest BCUT2D eigenvalue weighted by Gasteiger charge is -2.17. The third-order valence-corrected chi connectivity index (χ3v) is 8.25. The number of nitrogens with zero attached hydrogens (tertiary/aromatic N) is 2. The lowest BCUT2D eigenvalue weighted by Crippen LogP contribution is -2.21. The molecule has 2 amide bonds. The van der Waals surface area contributed by atoms with Gasteiger partial charge in [-0.1, -0.05) is 23.2 Å². The molecule has 1 heterocycles. The maximum atomic E-state index is 13.0. The van der Waals surface area contributed by atoms with Gasteiger partial charge in [-0.2, -0.15) is 4.98 Å². The van der Waals surface area contributed by atoms with Crippen LogP contribution >= 0.6 is 23.2 Å². The highest BCUT2D eigenvalue weighted by Gasteiger charge is 2.19. The highest BCUT2D eigenvalue weighted by atomic mass is 35.5. The Hall–Kier alpha value is -4.78. The molecule has 0 radical (unpaired) electrons. The van der Waals surface area contributed by atoms with Gasteiger partial charge in [-0.3, -0.25) is 4.72 Å². The van der Waals surface area contributed by atoms with Gasteiger partial charge in [-0.15, -0.1) is 0 Å². The third-order valence-electron chi connectivity index (χ3n) is 6.79. The number of carbonyl (C=O) groups is 1. The van der Waals surface area contributed by atoms with Crippen molar-refractivity contribution in [1.82, 2.24) is 9.97 Å². The number of nitrogens with one attached hydrogen (secondary N) is 4. The molecule has 0 saturated carbocycles. The Morgan fingerprint density at radius 1 is 0.792 bits per heavy atom. The Morgan fingerprint density at radius 3 is 2.17 bits per heavy atom. The molecule has 3 aromatic carbocycles. The molecular weight excluding hydrogens is 755 g/mol. The summed E-state index contributed by atoms with van der Waals surface area (Å²) in [5, 5.41) is 8.37. The second-order valence-corrected chi connectivity index (χ2v) is 13.5. The van der Waals surface area contributed by atoms with Crippen LogP contribution in [0.4, 0.5) is 33.5 Å². The van der Waals surface area contributed by atoms with Crippen LogP contribution in [-0.4, -0.2) is 91.6 Å². The van der Waals surface area contributed by atoms with E-state index in [1.807, 2.05) is 0 Å². The van der Waals surface area contributed by atoms with E-state index < -0.39 is 16.1 Å². The highest BCUT2D eigenvalue weighted by Crippen LogP contribution is 2.40. The molecule has 0 fully saturated rings. The summed E-state index contributed by atoms with van der Waals surface area (Å²) in [4.78, 5) is 21.6. The van der Waals surface area contributed by atoms with Crippen LogP contribution in [0, 0.1) is 6.92 Å². The molecule has 0 bridgehead atoms. The van der Waals surface area contributed by atoms with Gasteiger partial charge in [0.15, 0.2) is 5.75 Å². The zero-order valence-corrected chi connectivity index (χ0v) is 31.9. The fourth-order valence-corrected chi connectivity index (χ4v) is 5.53. The molecule has 4 N–H and O–H groups in total. The van der Waals surface area contributed by atoms with E-state index in [0.29, 0.717) is 62.4 Å². The number of ether oxygens (including phenoxy) is 7. The topological polar surface area (TPSA) is 190 Å². The maximum Gasteiger partial charge on any atom is 0.323 e. The van der Waals surface area contributed by atoms with Crippen molar-refractivity contribution in [2.45, 2.75) is 6.92 Å². The van der Waals surface area contributed by atoms with Crippen molar-refractivity contribution in [1.29, 1.82) is 0 Å². The van der Waals surface area contributed by atoms with Gasteiger partial charge in [-0.05, 0) is 36.8 Å². The van der Waals surface area contributed by atoms with Crippen LogP contribution < -0.4 is 39.6 Å². The van der Waals surface area contributed by atoms with Crippen molar-refractivity contribution in [3.05, 3.63) is 70.3 Å². The Morgan fingerprint density at radius 2 is 1.47 bits per heavy atom. The molecule has 53 heavy (non-hydrogen) atoms. The van der Waals surface area contributed by atoms with E-state index in [0.717, 1.165) is 6.26 Å². The molecule has 4 aromatic rings. The van der Waals surface area contributed by atoms with E-state index in [9.17, 15) is 13.2 Å². The van der Waals surface area contributed by atoms with Crippen molar-refractivity contribution < 1.29 is 46.4 Å². The van der Waals surface area contributed by atoms with Gasteiger partial charge >= 0.3 is 6.03 Å². The van der Waals surface area contributed by atoms with E-state index in [2.05, 4.69) is 30.6 Å². The second-order valence-electron chi connectivity index (χ2n) is 11.0. The summed E-state index contributed by atoms with van der Waals surface area (Å²) >= 11 is 13.1. The maximum absolute atomic E-state index is 13.0. The van der Waals surface area contributed by atoms with Crippen LogP contribution in [0.5, 0.6) is 28.9 Å². The summed E-state index contributed by atoms with van der Waals surface area (Å²) in [5.41, 5.74) is 1.79. The molecule has 286 valence electrons. The smallest absolute Gasteiger partial charge is 0.323 e. The minimum atomic E-state index is -3.62. The molecule has 0 spiro atoms. The molecule has 0 unspecified atom stereocenters. The van der Waals surface area contributed by atoms with Crippen LogP contribution in [0.2, 0.25) is 10.0 Å². The van der Waals surface area contributed by atoms with Crippen LogP contribution in [0.25, 0.3) is 0 Å². The minimum absolute atomic E-state index is 0.00236. The number of hydrogen-bond donors (Lipinski definition) is 4. The van der Waals surface area contributed by atoms with Crippen LogP contribution in [0.15, 0.2) is 54.7 Å². The van der Waals surface area contributed by atoms with Crippen LogP contribution in [0.3, 0.4) is 0 Å². The Bertz CT molecular complexity index is 1970. The summed E-state index contributed by atoms with van der Waals surface area (Å²) in [6.45, 7) is 4.34. The van der Waals surface area contributed by atoms with Gasteiger partial charge in [0.05, 0.1) is 75.6 Å². The molecule has 16 nitrogen and oxygen atoms in total. The number of sulfonamides is 1. The molecule has 0 aliphatic heterocycles. The number of halogens is 2. The summed E-state index contributed by atoms with van der Waals surface area (Å²) in [7, 11) is 0.889. The monoisotopic (exact) mass is 794 g/mol. The largest absolute Gasteiger partial charge is 0.497 e. The number of anilines is 5. The number of amides is 2. The Kier molecular flexibility index (Phi) is 15.4. The molecule has 4 rings (SSSR count). The highest BCUT2D eigenvalue weighted by molar-refractivity contribution is 7.92. The normalized spacial score (nSPS) is 11.1. The number of methoxy groups -OCH3 is 3. The zero-order chi connectivity index (χ0) is 38.4. The molecule has 0 aliphatic carbocycles. The number of carbonyl (C=O) groups excluding carboxylic acids is 1. The number of hydrogen-bond acceptors (Lipinski definition) is 13. The van der Waals surface area contributed by atoms with Gasteiger partial charge < -0.3 is 49.1 Å². The average Bonchev–Trinajstić information content (AvgIpc) is 3.10. The lowest BCUT2D eigenvalue weighted by atomic mass is 10.1. The number of aryl methyl sites for hydroxylation is 1. The summed E-state index contributed by atoms with van der Waals surface area (Å²) < 4.78 is 64.4. The molecular formula is C34H40Cl2N6O10S. The first-order valence-corrected chi connectivity index (χ1v) is 18.5. The summed E-state index contributed by atoms with van der Waals surface area (Å²) in [6, 6.07) is 12.3. The molecule has 0 aliphatic rings. The van der Waals surface area contributed by atoms with E-state index in [1.165, 1.54) is 31.5 Å². The third kappa shape index (κ3) is 13.0. The molecule has 1 aromatic heterocycles. The van der Waals surface area contributed by atoms with Crippen LogP contribution in [0.1, 0.15) is 5.56 Å². The summed E-state index contributed by atoms with van der Waals surface area (Å²) in [5.74, 6) is 1.70. The first kappa shape index (κ1) is 41.0. The Balaban J connectivity index is 1.38. The summed E-state index contributed by atoms with van der Waals surface area (Å²) in [6.07, 6.45) is 2.50. The lowest BCUT2D eigenvalue weighted by molar-refractivity contribution is 0.0179. The number of benzene rings is 3. The molecule has 19 heteroatoms. The first-order chi connectivity index (χ1) is 25.4. The van der Waals surface area contributed by atoms with Gasteiger partial charge in [0.2, 0.25) is 21.9 Å². The Labute approximate surface area is 317 Å². The number of rotatable bonds is 20. The first-order valence-electron chi connectivity index (χ1n) is 15.9. The quantitative estimate of drug-likeness (QED) is 0.0691. The van der Waals surface area contributed by atoms with Crippen molar-refractivity contribution in [3.8, 4) is 28.9 Å². The molecule has 0 atom stereocenters. The predicted molar refractivity (Wildman–Crippen MR) is 203 cm³/mol. The zero-order valence-electron chi connectivity index (χ0n) is 29.6. The van der Waals surface area contributed by atoms with Crippen molar-refractivity contribution >= 4 is 68.0 Å². The molecule has 0 saturated heterocycles. The van der Waals surface area contributed by atoms with Crippen molar-refractivity contribution in [2.75, 3.05) is 87.9 Å². The van der Waals surface area contributed by atoms with Crippen molar-refractivity contribution in [2.24, 2.45) is 0 Å². The SMILES string of the molecule is COCCOCCOCCOc1cc(Nc2nccc(Oc3ccc(NC(=O)Nc4cc(C)cc(NS(C)(=O)=O)c4OC)c(Cl)c3Cl)n2)cc(OC)c1. The fourth-order valence-electron chi connectivity index (χ4n) is 4.57. The number of urea groups is 1. The van der Waals surface area contributed by atoms with Gasteiger partial charge in [-0.25, -0.2) is 18.2 Å². The van der Waals surface area contributed by atoms with Crippen molar-refractivity contribution in [3.63, 3.8) is 0 Å². The van der Waals surface area contributed by atoms with Gasteiger partial charge in [0.1, 0.15) is 28.9 Å². The van der Waals surface area contributed by atoms with Crippen LogP contribution in [-0.2, 0) is 24.2 Å². The number of aromatic nitrogens is 2.